The van der Waals surface area contributed by atoms with Crippen molar-refractivity contribution < 1.29 is 4.74 Å². The van der Waals surface area contributed by atoms with Crippen LogP contribution in [0.25, 0.3) is 0 Å². The summed E-state index contributed by atoms with van der Waals surface area (Å²) in [4.78, 5) is 8.67. The minimum Gasteiger partial charge on any atom is -0.492 e. The highest BCUT2D eigenvalue weighted by atomic mass is 127. The van der Waals surface area contributed by atoms with Crippen molar-refractivity contribution in [2.45, 2.75) is 5.92 Å². The summed E-state index contributed by atoms with van der Waals surface area (Å²) in [6.45, 7) is 0.583. The molecule has 0 aliphatic carbocycles. The van der Waals surface area contributed by atoms with Crippen LogP contribution in [0.1, 0.15) is 17.3 Å². The molecule has 1 aromatic carbocycles. The fourth-order valence-corrected chi connectivity index (χ4v) is 2.20. The molecule has 0 saturated carbocycles. The van der Waals surface area contributed by atoms with Crippen LogP contribution in [0.5, 0.6) is 5.75 Å². The Balaban J connectivity index is 2.04. The van der Waals surface area contributed by atoms with Crippen LogP contribution in [0.15, 0.2) is 30.5 Å². The second kappa shape index (κ2) is 4.14. The lowest BCUT2D eigenvalue weighted by Crippen LogP contribution is -2.09. The van der Waals surface area contributed by atoms with Crippen LogP contribution >= 0.6 is 22.6 Å². The molecular weight excluding hydrogens is 329 g/mol. The van der Waals surface area contributed by atoms with E-state index in [0.29, 0.717) is 12.4 Å². The van der Waals surface area contributed by atoms with Gasteiger partial charge in [0.1, 0.15) is 24.0 Å². The molecule has 1 aliphatic rings. The topological polar surface area (TPSA) is 61.0 Å². The number of hydrogen-bond acceptors (Lipinski definition) is 4. The van der Waals surface area contributed by atoms with E-state index in [4.69, 9.17) is 10.5 Å². The fraction of sp³-hybridized carbons (Fsp3) is 0.167. The van der Waals surface area contributed by atoms with Gasteiger partial charge in [0.2, 0.25) is 0 Å². The average molecular weight is 339 g/mol. The number of halogens is 1. The number of benzene rings is 1. The molecule has 3 rings (SSSR count). The van der Waals surface area contributed by atoms with E-state index < -0.39 is 0 Å². The van der Waals surface area contributed by atoms with Crippen molar-refractivity contribution in [1.82, 2.24) is 9.97 Å². The summed E-state index contributed by atoms with van der Waals surface area (Å²) >= 11 is 2.12. The van der Waals surface area contributed by atoms with Crippen LogP contribution in [-0.4, -0.2) is 16.6 Å². The molecular formula is C12H10IN3O. The van der Waals surface area contributed by atoms with Crippen molar-refractivity contribution >= 4 is 28.4 Å². The number of rotatable bonds is 1. The summed E-state index contributed by atoms with van der Waals surface area (Å²) in [7, 11) is 0. The molecule has 1 atom stereocenters. The third-order valence-electron chi connectivity index (χ3n) is 2.80. The highest BCUT2D eigenvalue weighted by molar-refractivity contribution is 14.1. The lowest BCUT2D eigenvalue weighted by Gasteiger charge is -2.08. The molecule has 17 heavy (non-hydrogen) atoms. The summed E-state index contributed by atoms with van der Waals surface area (Å²) in [6, 6.07) is 7.97. The number of hydrogen-bond donors (Lipinski definition) is 1. The third kappa shape index (κ3) is 1.84. The van der Waals surface area contributed by atoms with Crippen molar-refractivity contribution in [2.24, 2.45) is 0 Å². The first-order valence-electron chi connectivity index (χ1n) is 5.25. The summed E-state index contributed by atoms with van der Waals surface area (Å²) < 4.78 is 6.49. The third-order valence-corrected chi connectivity index (χ3v) is 3.63. The minimum atomic E-state index is 0.0884. The zero-order chi connectivity index (χ0) is 11.8. The fourth-order valence-electron chi connectivity index (χ4n) is 1.94. The quantitative estimate of drug-likeness (QED) is 0.809. The zero-order valence-corrected chi connectivity index (χ0v) is 11.1. The molecule has 0 amide bonds. The van der Waals surface area contributed by atoms with Crippen LogP contribution in [-0.2, 0) is 0 Å². The average Bonchev–Trinajstić information content (AvgIpc) is 2.76. The Morgan fingerprint density at radius 3 is 3.00 bits per heavy atom. The molecule has 0 radical (unpaired) electrons. The van der Waals surface area contributed by atoms with Crippen molar-refractivity contribution in [3.63, 3.8) is 0 Å². The van der Waals surface area contributed by atoms with Gasteiger partial charge in [-0.1, -0.05) is 18.2 Å². The first-order chi connectivity index (χ1) is 8.25. The van der Waals surface area contributed by atoms with Crippen LogP contribution in [0.4, 0.5) is 5.82 Å². The maximum absolute atomic E-state index is 5.81. The summed E-state index contributed by atoms with van der Waals surface area (Å²) in [5, 5.41) is 0. The second-order valence-electron chi connectivity index (χ2n) is 3.86. The molecule has 5 heteroatoms. The largest absolute Gasteiger partial charge is 0.492 e. The summed E-state index contributed by atoms with van der Waals surface area (Å²) in [6.07, 6.45) is 1.75. The number of anilines is 1. The van der Waals surface area contributed by atoms with Crippen LogP contribution < -0.4 is 10.5 Å². The zero-order valence-electron chi connectivity index (χ0n) is 8.93. The Morgan fingerprint density at radius 2 is 2.18 bits per heavy atom. The van der Waals surface area contributed by atoms with Crippen molar-refractivity contribution in [1.29, 1.82) is 0 Å². The Labute approximate surface area is 112 Å². The maximum atomic E-state index is 5.81. The van der Waals surface area contributed by atoms with Crippen molar-refractivity contribution in [3.05, 3.63) is 45.4 Å². The summed E-state index contributed by atoms with van der Waals surface area (Å²) in [5.41, 5.74) is 6.94. The standard InChI is InChI=1S/C12H10IN3O/c13-9-5-15-12(16-11(9)14)8-6-17-10-4-2-1-3-7(8)10/h1-5,8H,6H2,(H2,14,15,16). The van der Waals surface area contributed by atoms with Crippen LogP contribution in [0.2, 0.25) is 0 Å². The summed E-state index contributed by atoms with van der Waals surface area (Å²) in [5.74, 6) is 2.26. The van der Waals surface area contributed by atoms with Gasteiger partial charge in [-0.15, -0.1) is 0 Å². The van der Waals surface area contributed by atoms with Crippen molar-refractivity contribution in [3.8, 4) is 5.75 Å². The minimum absolute atomic E-state index is 0.0884. The van der Waals surface area contributed by atoms with E-state index in [2.05, 4.69) is 32.6 Å². The SMILES string of the molecule is Nc1nc(C2COc3ccccc32)ncc1I. The first kappa shape index (κ1) is 10.8. The van der Waals surface area contributed by atoms with E-state index >= 15 is 0 Å². The number of para-hydroxylation sites is 1. The number of fused-ring (bicyclic) bond motifs is 1. The van der Waals surface area contributed by atoms with Crippen LogP contribution in [0.3, 0.4) is 0 Å². The molecule has 2 aromatic rings. The maximum Gasteiger partial charge on any atom is 0.141 e. The molecule has 2 N–H and O–H groups in total. The first-order valence-corrected chi connectivity index (χ1v) is 6.33. The molecule has 1 aliphatic heterocycles. The van der Waals surface area contributed by atoms with Crippen molar-refractivity contribution in [2.75, 3.05) is 12.3 Å². The molecule has 1 unspecified atom stereocenters. The van der Waals surface area contributed by atoms with Crippen LogP contribution in [0, 0.1) is 3.57 Å². The second-order valence-corrected chi connectivity index (χ2v) is 5.02. The van der Waals surface area contributed by atoms with Gasteiger partial charge in [0.25, 0.3) is 0 Å². The molecule has 0 bridgehead atoms. The number of nitrogen functional groups attached to an aromatic ring is 1. The molecule has 86 valence electrons. The Hall–Kier alpha value is -1.37. The van der Waals surface area contributed by atoms with E-state index in [9.17, 15) is 0 Å². The Bertz CT molecular complexity index is 573. The molecule has 0 saturated heterocycles. The molecule has 4 nitrogen and oxygen atoms in total. The lowest BCUT2D eigenvalue weighted by molar-refractivity contribution is 0.340. The van der Waals surface area contributed by atoms with E-state index in [1.165, 1.54) is 0 Å². The molecule has 0 spiro atoms. The van der Waals surface area contributed by atoms with Gasteiger partial charge in [0.15, 0.2) is 0 Å². The lowest BCUT2D eigenvalue weighted by atomic mass is 10.0. The number of ether oxygens (including phenoxy) is 1. The smallest absolute Gasteiger partial charge is 0.141 e. The monoisotopic (exact) mass is 339 g/mol. The normalized spacial score (nSPS) is 17.6. The molecule has 1 aromatic heterocycles. The van der Waals surface area contributed by atoms with Gasteiger partial charge in [0, 0.05) is 11.8 Å². The van der Waals surface area contributed by atoms with Gasteiger partial charge in [-0.25, -0.2) is 9.97 Å². The van der Waals surface area contributed by atoms with Gasteiger partial charge < -0.3 is 10.5 Å². The van der Waals surface area contributed by atoms with Gasteiger partial charge in [-0.2, -0.15) is 0 Å². The van der Waals surface area contributed by atoms with Gasteiger partial charge in [-0.05, 0) is 28.7 Å². The molecule has 0 fully saturated rings. The van der Waals surface area contributed by atoms with Gasteiger partial charge in [0.05, 0.1) is 9.49 Å². The Kier molecular flexibility index (Phi) is 2.62. The molecule has 2 heterocycles. The highest BCUT2D eigenvalue weighted by Crippen LogP contribution is 2.36. The van der Waals surface area contributed by atoms with E-state index in [0.717, 1.165) is 20.7 Å². The van der Waals surface area contributed by atoms with E-state index in [-0.39, 0.29) is 5.92 Å². The Morgan fingerprint density at radius 1 is 1.35 bits per heavy atom. The van der Waals surface area contributed by atoms with E-state index in [1.54, 1.807) is 6.20 Å². The number of aromatic nitrogens is 2. The number of nitrogens with zero attached hydrogens (tertiary/aromatic N) is 2. The van der Waals surface area contributed by atoms with E-state index in [1.807, 2.05) is 24.3 Å². The highest BCUT2D eigenvalue weighted by Gasteiger charge is 2.27. The van der Waals surface area contributed by atoms with Gasteiger partial charge >= 0.3 is 0 Å². The predicted molar refractivity (Wildman–Crippen MR) is 72.9 cm³/mol. The predicted octanol–water partition coefficient (Wildman–Crippen LogP) is 2.19. The van der Waals surface area contributed by atoms with Gasteiger partial charge in [-0.3, -0.25) is 0 Å². The number of nitrogens with two attached hydrogens (primary N) is 1.